The molecule has 0 aliphatic carbocycles. The van der Waals surface area contributed by atoms with E-state index >= 15 is 0 Å². The summed E-state index contributed by atoms with van der Waals surface area (Å²) in [5, 5.41) is 2.76. The standard InChI is InChI=1S/C13H19FN2O2/c1-9(7-15)8-16-13(17)6-10-5-11(14)3-4-12(10)18-2/h3-5,9H,6-8,15H2,1-2H3,(H,16,17). The van der Waals surface area contributed by atoms with E-state index in [1.54, 1.807) is 0 Å². The molecule has 18 heavy (non-hydrogen) atoms. The molecule has 0 spiro atoms. The second kappa shape index (κ2) is 6.96. The van der Waals surface area contributed by atoms with E-state index in [9.17, 15) is 9.18 Å². The van der Waals surface area contributed by atoms with Gasteiger partial charge in [0.15, 0.2) is 0 Å². The number of hydrogen-bond acceptors (Lipinski definition) is 3. The van der Waals surface area contributed by atoms with Crippen LogP contribution < -0.4 is 15.8 Å². The molecule has 1 atom stereocenters. The number of nitrogens with one attached hydrogen (secondary N) is 1. The number of hydrogen-bond donors (Lipinski definition) is 2. The molecule has 0 bridgehead atoms. The Morgan fingerprint density at radius 2 is 2.28 bits per heavy atom. The minimum Gasteiger partial charge on any atom is -0.496 e. The van der Waals surface area contributed by atoms with Crippen LogP contribution in [-0.2, 0) is 11.2 Å². The van der Waals surface area contributed by atoms with Crippen molar-refractivity contribution in [3.05, 3.63) is 29.6 Å². The van der Waals surface area contributed by atoms with Gasteiger partial charge >= 0.3 is 0 Å². The number of carbonyl (C=O) groups is 1. The number of methoxy groups -OCH3 is 1. The van der Waals surface area contributed by atoms with Crippen LogP contribution >= 0.6 is 0 Å². The lowest BCUT2D eigenvalue weighted by Crippen LogP contribution is -2.32. The minimum absolute atomic E-state index is 0.0955. The largest absolute Gasteiger partial charge is 0.496 e. The summed E-state index contributed by atoms with van der Waals surface area (Å²) in [5.74, 6) is 0.190. The van der Waals surface area contributed by atoms with Crippen molar-refractivity contribution in [1.29, 1.82) is 0 Å². The molecule has 0 aliphatic heterocycles. The summed E-state index contributed by atoms with van der Waals surface area (Å²) in [6, 6.07) is 4.13. The molecule has 1 unspecified atom stereocenters. The average Bonchev–Trinajstić information content (AvgIpc) is 2.36. The summed E-state index contributed by atoms with van der Waals surface area (Å²) >= 11 is 0. The number of amides is 1. The monoisotopic (exact) mass is 254 g/mol. The van der Waals surface area contributed by atoms with Gasteiger partial charge in [0.1, 0.15) is 11.6 Å². The van der Waals surface area contributed by atoms with Crippen LogP contribution in [0.4, 0.5) is 4.39 Å². The van der Waals surface area contributed by atoms with Crippen LogP contribution in [0.25, 0.3) is 0 Å². The third kappa shape index (κ3) is 4.33. The average molecular weight is 254 g/mol. The first kappa shape index (κ1) is 14.4. The molecule has 1 aromatic rings. The fraction of sp³-hybridized carbons (Fsp3) is 0.462. The van der Waals surface area contributed by atoms with E-state index in [0.717, 1.165) is 0 Å². The van der Waals surface area contributed by atoms with E-state index in [0.29, 0.717) is 24.4 Å². The van der Waals surface area contributed by atoms with Gasteiger partial charge < -0.3 is 15.8 Å². The summed E-state index contributed by atoms with van der Waals surface area (Å²) in [6.07, 6.45) is 0.0955. The van der Waals surface area contributed by atoms with Crippen LogP contribution in [-0.4, -0.2) is 26.1 Å². The van der Waals surface area contributed by atoms with Crippen LogP contribution in [0.1, 0.15) is 12.5 Å². The summed E-state index contributed by atoms with van der Waals surface area (Å²) < 4.78 is 18.2. The van der Waals surface area contributed by atoms with Crippen LogP contribution in [0.5, 0.6) is 5.75 Å². The first-order valence-electron chi connectivity index (χ1n) is 5.86. The fourth-order valence-electron chi connectivity index (χ4n) is 1.49. The topological polar surface area (TPSA) is 64.3 Å². The van der Waals surface area contributed by atoms with E-state index in [4.69, 9.17) is 10.5 Å². The van der Waals surface area contributed by atoms with Gasteiger partial charge in [0.2, 0.25) is 5.91 Å². The second-order valence-electron chi connectivity index (χ2n) is 4.28. The van der Waals surface area contributed by atoms with Crippen molar-refractivity contribution in [2.24, 2.45) is 11.7 Å². The van der Waals surface area contributed by atoms with E-state index in [2.05, 4.69) is 5.32 Å². The molecule has 0 heterocycles. The molecule has 0 radical (unpaired) electrons. The van der Waals surface area contributed by atoms with Gasteiger partial charge in [-0.05, 0) is 30.7 Å². The van der Waals surface area contributed by atoms with Gasteiger partial charge in [-0.15, -0.1) is 0 Å². The van der Waals surface area contributed by atoms with E-state index in [1.165, 1.54) is 25.3 Å². The van der Waals surface area contributed by atoms with Gasteiger partial charge in [0, 0.05) is 12.1 Å². The summed E-state index contributed by atoms with van der Waals surface area (Å²) in [4.78, 5) is 11.7. The molecule has 1 amide bonds. The number of nitrogens with two attached hydrogens (primary N) is 1. The Morgan fingerprint density at radius 3 is 2.89 bits per heavy atom. The lowest BCUT2D eigenvalue weighted by molar-refractivity contribution is -0.120. The molecule has 0 saturated heterocycles. The summed E-state index contributed by atoms with van der Waals surface area (Å²) in [6.45, 7) is 2.99. The lowest BCUT2D eigenvalue weighted by atomic mass is 10.1. The SMILES string of the molecule is COc1ccc(F)cc1CC(=O)NCC(C)CN. The van der Waals surface area contributed by atoms with Gasteiger partial charge in [0.25, 0.3) is 0 Å². The molecule has 4 nitrogen and oxygen atoms in total. The van der Waals surface area contributed by atoms with Crippen molar-refractivity contribution in [2.75, 3.05) is 20.2 Å². The Morgan fingerprint density at radius 1 is 1.56 bits per heavy atom. The molecule has 1 aromatic carbocycles. The highest BCUT2D eigenvalue weighted by Gasteiger charge is 2.10. The van der Waals surface area contributed by atoms with Crippen LogP contribution in [0, 0.1) is 11.7 Å². The second-order valence-corrected chi connectivity index (χ2v) is 4.28. The van der Waals surface area contributed by atoms with Crippen molar-refractivity contribution < 1.29 is 13.9 Å². The van der Waals surface area contributed by atoms with E-state index < -0.39 is 0 Å². The van der Waals surface area contributed by atoms with Crippen molar-refractivity contribution in [3.63, 3.8) is 0 Å². The van der Waals surface area contributed by atoms with Crippen molar-refractivity contribution in [2.45, 2.75) is 13.3 Å². The molecule has 0 aromatic heterocycles. The number of halogens is 1. The van der Waals surface area contributed by atoms with Gasteiger partial charge in [-0.2, -0.15) is 0 Å². The zero-order chi connectivity index (χ0) is 13.5. The maximum absolute atomic E-state index is 13.1. The number of carbonyl (C=O) groups excluding carboxylic acids is 1. The predicted octanol–water partition coefficient (Wildman–Crippen LogP) is 1.09. The minimum atomic E-state index is -0.381. The Balaban J connectivity index is 2.61. The molecule has 5 heteroatoms. The van der Waals surface area contributed by atoms with Crippen LogP contribution in [0.3, 0.4) is 0 Å². The number of rotatable bonds is 6. The van der Waals surface area contributed by atoms with E-state index in [-0.39, 0.29) is 24.1 Å². The zero-order valence-corrected chi connectivity index (χ0v) is 10.7. The van der Waals surface area contributed by atoms with Gasteiger partial charge in [-0.25, -0.2) is 4.39 Å². The van der Waals surface area contributed by atoms with Crippen molar-refractivity contribution >= 4 is 5.91 Å². The molecule has 0 aliphatic rings. The first-order valence-corrected chi connectivity index (χ1v) is 5.86. The van der Waals surface area contributed by atoms with Crippen LogP contribution in [0.15, 0.2) is 18.2 Å². The highest BCUT2D eigenvalue weighted by atomic mass is 19.1. The molecule has 0 saturated carbocycles. The number of ether oxygens (including phenoxy) is 1. The molecule has 100 valence electrons. The van der Waals surface area contributed by atoms with Crippen molar-refractivity contribution in [1.82, 2.24) is 5.32 Å². The maximum Gasteiger partial charge on any atom is 0.224 e. The zero-order valence-electron chi connectivity index (χ0n) is 10.7. The summed E-state index contributed by atoms with van der Waals surface area (Å²) in [7, 11) is 1.49. The van der Waals surface area contributed by atoms with Crippen LogP contribution in [0.2, 0.25) is 0 Å². The molecule has 1 rings (SSSR count). The Bertz CT molecular complexity index is 410. The first-order chi connectivity index (χ1) is 8.56. The Labute approximate surface area is 106 Å². The fourth-order valence-corrected chi connectivity index (χ4v) is 1.49. The smallest absolute Gasteiger partial charge is 0.224 e. The summed E-state index contributed by atoms with van der Waals surface area (Å²) in [5.41, 5.74) is 5.99. The molecule has 0 fully saturated rings. The van der Waals surface area contributed by atoms with E-state index in [1.807, 2.05) is 6.92 Å². The molecule has 3 N–H and O–H groups in total. The molecular weight excluding hydrogens is 235 g/mol. The van der Waals surface area contributed by atoms with Gasteiger partial charge in [-0.1, -0.05) is 6.92 Å². The highest BCUT2D eigenvalue weighted by Crippen LogP contribution is 2.19. The number of benzene rings is 1. The Hall–Kier alpha value is -1.62. The van der Waals surface area contributed by atoms with Gasteiger partial charge in [0.05, 0.1) is 13.5 Å². The Kier molecular flexibility index (Phi) is 5.58. The maximum atomic E-state index is 13.1. The van der Waals surface area contributed by atoms with Crippen molar-refractivity contribution in [3.8, 4) is 5.75 Å². The molecular formula is C13H19FN2O2. The van der Waals surface area contributed by atoms with Gasteiger partial charge in [-0.3, -0.25) is 4.79 Å². The normalized spacial score (nSPS) is 12.0. The predicted molar refractivity (Wildman–Crippen MR) is 67.9 cm³/mol. The lowest BCUT2D eigenvalue weighted by Gasteiger charge is -2.11. The third-order valence-electron chi connectivity index (χ3n) is 2.64. The quantitative estimate of drug-likeness (QED) is 0.798. The highest BCUT2D eigenvalue weighted by molar-refractivity contribution is 5.79. The third-order valence-corrected chi connectivity index (χ3v) is 2.64.